The van der Waals surface area contributed by atoms with Crippen molar-refractivity contribution in [3.8, 4) is 22.9 Å². The molecule has 1 fully saturated rings. The van der Waals surface area contributed by atoms with Crippen LogP contribution in [0.1, 0.15) is 50.0 Å². The van der Waals surface area contributed by atoms with Crippen molar-refractivity contribution in [1.29, 1.82) is 0 Å². The van der Waals surface area contributed by atoms with Gasteiger partial charge in [-0.15, -0.1) is 0 Å². The first kappa shape index (κ1) is 23.4. The molecule has 5 rings (SSSR count). The van der Waals surface area contributed by atoms with Crippen molar-refractivity contribution in [2.45, 2.75) is 57.8 Å². The zero-order chi connectivity index (χ0) is 24.0. The molecule has 2 aliphatic rings. The van der Waals surface area contributed by atoms with E-state index in [-0.39, 0.29) is 12.2 Å². The average Bonchev–Trinajstić information content (AvgIpc) is 3.39. The molecule has 184 valence electrons. The molecule has 0 radical (unpaired) electrons. The molecule has 3 aromatic rings. The first-order valence-electron chi connectivity index (χ1n) is 12.4. The molecule has 0 aliphatic carbocycles. The topological polar surface area (TPSA) is 84.7 Å². The van der Waals surface area contributed by atoms with Gasteiger partial charge in [-0.3, -0.25) is 4.98 Å². The van der Waals surface area contributed by atoms with Crippen LogP contribution in [0.2, 0.25) is 0 Å². The maximum Gasteiger partial charge on any atom is 0.347 e. The maximum atomic E-state index is 12.0. The smallest absolute Gasteiger partial charge is 0.347 e. The lowest BCUT2D eigenvalue weighted by atomic mass is 9.99. The number of ether oxygens (including phenoxy) is 4. The Balaban J connectivity index is 1.17. The molecule has 8 heteroatoms. The third kappa shape index (κ3) is 5.48. The van der Waals surface area contributed by atoms with Crippen LogP contribution in [0.25, 0.3) is 11.4 Å². The van der Waals surface area contributed by atoms with Crippen LogP contribution in [-0.2, 0) is 27.1 Å². The molecule has 2 atom stereocenters. The third-order valence-corrected chi connectivity index (χ3v) is 6.38. The van der Waals surface area contributed by atoms with E-state index in [1.165, 1.54) is 0 Å². The monoisotopic (exact) mass is 477 g/mol. The Bertz CT molecular complexity index is 1140. The maximum absolute atomic E-state index is 12.0. The molecule has 2 aliphatic heterocycles. The normalized spacial score (nSPS) is 19.5. The highest BCUT2D eigenvalue weighted by molar-refractivity contribution is 5.75. The number of rotatable bonds is 8. The fourth-order valence-corrected chi connectivity index (χ4v) is 4.54. The SMILES string of the molecule is CCOC(=O)C1CCc2ccc(CCOc3ccc(-c4ccnn4C4CCCCO4)nc3)cc2O1. The summed E-state index contributed by atoms with van der Waals surface area (Å²) in [6, 6.07) is 12.0. The number of pyridine rings is 1. The molecule has 0 spiro atoms. The fraction of sp³-hybridized carbons (Fsp3) is 0.444. The lowest BCUT2D eigenvalue weighted by Gasteiger charge is -2.25. The average molecular weight is 478 g/mol. The minimum Gasteiger partial charge on any atom is -0.492 e. The molecule has 8 nitrogen and oxygen atoms in total. The summed E-state index contributed by atoms with van der Waals surface area (Å²) in [7, 11) is 0. The molecule has 0 bridgehead atoms. The van der Waals surface area contributed by atoms with E-state index < -0.39 is 6.10 Å². The molecule has 35 heavy (non-hydrogen) atoms. The van der Waals surface area contributed by atoms with Crippen LogP contribution in [-0.4, -0.2) is 46.7 Å². The number of carbonyl (C=O) groups excluding carboxylic acids is 1. The molecule has 2 unspecified atom stereocenters. The van der Waals surface area contributed by atoms with Crippen LogP contribution in [0, 0.1) is 0 Å². The Labute approximate surface area is 205 Å². The van der Waals surface area contributed by atoms with Crippen LogP contribution in [0.15, 0.2) is 48.8 Å². The standard InChI is InChI=1S/C27H31N3O5/c1-2-32-27(31)24-11-8-20-7-6-19(17-25(20)35-24)13-16-33-21-9-10-22(28-18-21)23-12-14-29-30(23)26-5-3-4-15-34-26/h6-7,9-10,12,14,17-18,24,26H,2-5,8,11,13,15-16H2,1H3. The summed E-state index contributed by atoms with van der Waals surface area (Å²) in [5.41, 5.74) is 3.99. The van der Waals surface area contributed by atoms with Gasteiger partial charge < -0.3 is 18.9 Å². The molecular weight excluding hydrogens is 446 g/mol. The molecule has 1 aromatic carbocycles. The van der Waals surface area contributed by atoms with Crippen LogP contribution in [0.4, 0.5) is 0 Å². The van der Waals surface area contributed by atoms with Crippen molar-refractivity contribution in [3.63, 3.8) is 0 Å². The van der Waals surface area contributed by atoms with Gasteiger partial charge in [0, 0.05) is 19.2 Å². The van der Waals surface area contributed by atoms with Crippen molar-refractivity contribution in [3.05, 3.63) is 59.9 Å². The summed E-state index contributed by atoms with van der Waals surface area (Å²) in [6.07, 6.45) is 8.35. The quantitative estimate of drug-likeness (QED) is 0.441. The van der Waals surface area contributed by atoms with Crippen molar-refractivity contribution in [2.75, 3.05) is 19.8 Å². The van der Waals surface area contributed by atoms with E-state index in [9.17, 15) is 4.79 Å². The second-order valence-corrected chi connectivity index (χ2v) is 8.80. The molecule has 2 aromatic heterocycles. The van der Waals surface area contributed by atoms with Crippen molar-refractivity contribution >= 4 is 5.97 Å². The molecular formula is C27H31N3O5. The number of fused-ring (bicyclic) bond motifs is 1. The van der Waals surface area contributed by atoms with Gasteiger partial charge in [-0.25, -0.2) is 9.48 Å². The summed E-state index contributed by atoms with van der Waals surface area (Å²) >= 11 is 0. The number of hydrogen-bond donors (Lipinski definition) is 0. The first-order chi connectivity index (χ1) is 17.2. The zero-order valence-corrected chi connectivity index (χ0v) is 20.0. The largest absolute Gasteiger partial charge is 0.492 e. The van der Waals surface area contributed by atoms with Gasteiger partial charge in [0.2, 0.25) is 0 Å². The van der Waals surface area contributed by atoms with E-state index in [1.54, 1.807) is 19.3 Å². The summed E-state index contributed by atoms with van der Waals surface area (Å²) < 4.78 is 24.8. The van der Waals surface area contributed by atoms with Crippen LogP contribution < -0.4 is 9.47 Å². The van der Waals surface area contributed by atoms with Gasteiger partial charge in [0.25, 0.3) is 0 Å². The van der Waals surface area contributed by atoms with Crippen molar-refractivity contribution in [1.82, 2.24) is 14.8 Å². The van der Waals surface area contributed by atoms with Crippen molar-refractivity contribution in [2.24, 2.45) is 0 Å². The summed E-state index contributed by atoms with van der Waals surface area (Å²) in [6.45, 7) is 3.44. The predicted octanol–water partition coefficient (Wildman–Crippen LogP) is 4.52. The Morgan fingerprint density at radius 3 is 2.91 bits per heavy atom. The predicted molar refractivity (Wildman–Crippen MR) is 129 cm³/mol. The number of carbonyl (C=O) groups is 1. The van der Waals surface area contributed by atoms with E-state index >= 15 is 0 Å². The van der Waals surface area contributed by atoms with Gasteiger partial charge in [-0.1, -0.05) is 12.1 Å². The van der Waals surface area contributed by atoms with Gasteiger partial charge >= 0.3 is 5.97 Å². The number of nitrogens with zero attached hydrogens (tertiary/aromatic N) is 3. The Morgan fingerprint density at radius 1 is 1.17 bits per heavy atom. The minimum atomic E-state index is -0.528. The molecule has 0 saturated carbocycles. The molecule has 0 amide bonds. The summed E-state index contributed by atoms with van der Waals surface area (Å²) in [4.78, 5) is 16.6. The Hall–Kier alpha value is -3.39. The first-order valence-corrected chi connectivity index (χ1v) is 12.4. The van der Waals surface area contributed by atoms with Gasteiger partial charge in [0.05, 0.1) is 30.8 Å². The number of benzene rings is 1. The van der Waals surface area contributed by atoms with E-state index in [0.717, 1.165) is 60.6 Å². The van der Waals surface area contributed by atoms with Gasteiger partial charge in [-0.05, 0) is 74.4 Å². The molecule has 0 N–H and O–H groups in total. The van der Waals surface area contributed by atoms with Crippen LogP contribution in [0.5, 0.6) is 11.5 Å². The van der Waals surface area contributed by atoms with Gasteiger partial charge in [-0.2, -0.15) is 5.10 Å². The lowest BCUT2D eigenvalue weighted by Crippen LogP contribution is -2.32. The fourth-order valence-electron chi connectivity index (χ4n) is 4.54. The number of hydrogen-bond acceptors (Lipinski definition) is 7. The van der Waals surface area contributed by atoms with E-state index in [2.05, 4.69) is 22.2 Å². The molecule has 4 heterocycles. The third-order valence-electron chi connectivity index (χ3n) is 6.38. The van der Waals surface area contributed by atoms with E-state index in [0.29, 0.717) is 31.8 Å². The van der Waals surface area contributed by atoms with Crippen LogP contribution >= 0.6 is 0 Å². The summed E-state index contributed by atoms with van der Waals surface area (Å²) in [5.74, 6) is 1.18. The lowest BCUT2D eigenvalue weighted by molar-refractivity contribution is -0.152. The van der Waals surface area contributed by atoms with Crippen molar-refractivity contribution < 1.29 is 23.7 Å². The molecule has 1 saturated heterocycles. The zero-order valence-electron chi connectivity index (χ0n) is 20.0. The summed E-state index contributed by atoms with van der Waals surface area (Å²) in [5, 5.41) is 4.46. The minimum absolute atomic E-state index is 0.0281. The van der Waals surface area contributed by atoms with Gasteiger partial charge in [0.15, 0.2) is 12.3 Å². The second kappa shape index (κ2) is 10.9. The number of aryl methyl sites for hydroxylation is 1. The Morgan fingerprint density at radius 2 is 2.11 bits per heavy atom. The van der Waals surface area contributed by atoms with Gasteiger partial charge in [0.1, 0.15) is 11.5 Å². The van der Waals surface area contributed by atoms with E-state index in [1.807, 2.05) is 28.9 Å². The number of esters is 1. The highest BCUT2D eigenvalue weighted by Crippen LogP contribution is 2.30. The number of aromatic nitrogens is 3. The highest BCUT2D eigenvalue weighted by atomic mass is 16.6. The second-order valence-electron chi connectivity index (χ2n) is 8.80. The highest BCUT2D eigenvalue weighted by Gasteiger charge is 2.27. The Kier molecular flexibility index (Phi) is 7.28. The van der Waals surface area contributed by atoms with Crippen LogP contribution in [0.3, 0.4) is 0 Å². The van der Waals surface area contributed by atoms with E-state index in [4.69, 9.17) is 18.9 Å².